The molecule has 0 spiro atoms. The van der Waals surface area contributed by atoms with Crippen molar-refractivity contribution in [1.82, 2.24) is 15.6 Å². The Labute approximate surface area is 183 Å². The number of benzene rings is 2. The van der Waals surface area contributed by atoms with Gasteiger partial charge in [0, 0.05) is 16.8 Å². The first kappa shape index (κ1) is 20.6. The average molecular weight is 439 g/mol. The van der Waals surface area contributed by atoms with Gasteiger partial charge in [0.15, 0.2) is 6.10 Å². The van der Waals surface area contributed by atoms with Crippen molar-refractivity contribution in [3.63, 3.8) is 0 Å². The largest absolute Gasteiger partial charge is 0.476 e. The van der Waals surface area contributed by atoms with Gasteiger partial charge in [-0.25, -0.2) is 9.80 Å². The van der Waals surface area contributed by atoms with E-state index >= 15 is 0 Å². The quantitative estimate of drug-likeness (QED) is 0.534. The van der Waals surface area contributed by atoms with Crippen molar-refractivity contribution in [3.05, 3.63) is 70.8 Å². The van der Waals surface area contributed by atoms with Crippen LogP contribution in [-0.4, -0.2) is 47.8 Å². The van der Waals surface area contributed by atoms with Gasteiger partial charge in [-0.1, -0.05) is 48.0 Å². The third kappa shape index (κ3) is 5.10. The standard InChI is InChI=1S/C22H19ClN4O4/c23-16-7-9-18-15(11-16)6-8-19(31-18)21(29)25-17(10-14-4-2-1-3-5-14)12-24-27-13-20(28)26-22(27)30/h1-9,11-12,17,19H,10,13H2,(H,25,29)(H,26,28,30)/b24-12-. The lowest BCUT2D eigenvalue weighted by molar-refractivity contribution is -0.126. The molecule has 1 saturated heterocycles. The molecule has 2 atom stereocenters. The van der Waals surface area contributed by atoms with Gasteiger partial charge < -0.3 is 10.1 Å². The molecule has 1 fully saturated rings. The predicted molar refractivity (Wildman–Crippen MR) is 116 cm³/mol. The first-order valence-corrected chi connectivity index (χ1v) is 10.00. The second kappa shape index (κ2) is 9.01. The number of imide groups is 1. The number of hydrogen-bond acceptors (Lipinski definition) is 5. The van der Waals surface area contributed by atoms with Crippen molar-refractivity contribution in [2.45, 2.75) is 18.6 Å². The summed E-state index contributed by atoms with van der Waals surface area (Å²) in [5, 5.41) is 10.7. The SMILES string of the molecule is O=C1CN(/N=C\C(Cc2ccccc2)NC(=O)C2C=Cc3cc(Cl)ccc3O2)C(=O)N1. The van der Waals surface area contributed by atoms with E-state index in [0.717, 1.165) is 16.1 Å². The number of halogens is 1. The van der Waals surface area contributed by atoms with E-state index in [2.05, 4.69) is 15.7 Å². The minimum atomic E-state index is -0.822. The molecule has 2 N–H and O–H groups in total. The van der Waals surface area contributed by atoms with E-state index in [1.54, 1.807) is 30.4 Å². The molecule has 9 heteroatoms. The molecule has 2 aromatic rings. The van der Waals surface area contributed by atoms with Gasteiger partial charge in [0.1, 0.15) is 12.3 Å². The molecule has 31 heavy (non-hydrogen) atoms. The van der Waals surface area contributed by atoms with Gasteiger partial charge in [0.25, 0.3) is 5.91 Å². The predicted octanol–water partition coefficient (Wildman–Crippen LogP) is 2.38. The third-order valence-corrected chi connectivity index (χ3v) is 4.96. The van der Waals surface area contributed by atoms with Crippen LogP contribution >= 0.6 is 11.6 Å². The molecule has 2 heterocycles. The molecule has 0 aromatic heterocycles. The molecule has 2 aromatic carbocycles. The van der Waals surface area contributed by atoms with Gasteiger partial charge in [0.2, 0.25) is 5.91 Å². The lowest BCUT2D eigenvalue weighted by atomic mass is 10.1. The summed E-state index contributed by atoms with van der Waals surface area (Å²) >= 11 is 5.99. The maximum Gasteiger partial charge on any atom is 0.344 e. The van der Waals surface area contributed by atoms with Crippen molar-refractivity contribution in [2.75, 3.05) is 6.54 Å². The van der Waals surface area contributed by atoms with Gasteiger partial charge in [-0.15, -0.1) is 0 Å². The molecule has 0 bridgehead atoms. The second-order valence-electron chi connectivity index (χ2n) is 7.06. The van der Waals surface area contributed by atoms with E-state index in [-0.39, 0.29) is 12.5 Å². The number of nitrogens with one attached hydrogen (secondary N) is 2. The first-order chi connectivity index (χ1) is 15.0. The van der Waals surface area contributed by atoms with Crippen LogP contribution in [0.4, 0.5) is 4.79 Å². The number of carbonyl (C=O) groups excluding carboxylic acids is 3. The molecule has 0 aliphatic carbocycles. The summed E-state index contributed by atoms with van der Waals surface area (Å²) in [5.41, 5.74) is 1.77. The number of amides is 4. The average Bonchev–Trinajstić information content (AvgIpc) is 3.09. The Morgan fingerprint density at radius 1 is 1.29 bits per heavy atom. The molecule has 4 rings (SSSR count). The molecular weight excluding hydrogens is 420 g/mol. The number of nitrogens with zero attached hydrogens (tertiary/aromatic N) is 2. The van der Waals surface area contributed by atoms with E-state index in [1.807, 2.05) is 30.3 Å². The Morgan fingerprint density at radius 2 is 2.10 bits per heavy atom. The summed E-state index contributed by atoms with van der Waals surface area (Å²) in [6, 6.07) is 13.6. The van der Waals surface area contributed by atoms with Crippen LogP contribution in [0.5, 0.6) is 5.75 Å². The van der Waals surface area contributed by atoms with Crippen LogP contribution in [0, 0.1) is 0 Å². The lowest BCUT2D eigenvalue weighted by Crippen LogP contribution is -2.45. The molecule has 0 radical (unpaired) electrons. The number of hydrazone groups is 1. The summed E-state index contributed by atoms with van der Waals surface area (Å²) in [7, 11) is 0. The number of carbonyl (C=O) groups is 3. The highest BCUT2D eigenvalue weighted by molar-refractivity contribution is 6.30. The van der Waals surface area contributed by atoms with E-state index in [0.29, 0.717) is 17.2 Å². The maximum absolute atomic E-state index is 12.9. The van der Waals surface area contributed by atoms with Crippen LogP contribution in [0.3, 0.4) is 0 Å². The van der Waals surface area contributed by atoms with Crippen molar-refractivity contribution >= 4 is 41.7 Å². The molecular formula is C22H19ClN4O4. The van der Waals surface area contributed by atoms with Gasteiger partial charge >= 0.3 is 6.03 Å². The molecule has 2 aliphatic heterocycles. The second-order valence-corrected chi connectivity index (χ2v) is 7.50. The third-order valence-electron chi connectivity index (χ3n) is 4.72. The van der Waals surface area contributed by atoms with E-state index in [1.165, 1.54) is 6.21 Å². The zero-order valence-electron chi connectivity index (χ0n) is 16.3. The van der Waals surface area contributed by atoms with Crippen molar-refractivity contribution in [2.24, 2.45) is 5.10 Å². The van der Waals surface area contributed by atoms with Gasteiger partial charge in [-0.3, -0.25) is 14.9 Å². The van der Waals surface area contributed by atoms with Crippen LogP contribution in [0.15, 0.2) is 59.7 Å². The fraction of sp³-hybridized carbons (Fsp3) is 0.182. The van der Waals surface area contributed by atoms with Crippen molar-refractivity contribution in [3.8, 4) is 5.75 Å². The minimum Gasteiger partial charge on any atom is -0.476 e. The zero-order valence-corrected chi connectivity index (χ0v) is 17.1. The maximum atomic E-state index is 12.9. The number of ether oxygens (including phenoxy) is 1. The molecule has 2 aliphatic rings. The Hall–Kier alpha value is -3.65. The van der Waals surface area contributed by atoms with Crippen LogP contribution in [0.2, 0.25) is 5.02 Å². The molecule has 2 unspecified atom stereocenters. The van der Waals surface area contributed by atoms with E-state index in [9.17, 15) is 14.4 Å². The normalized spacial score (nSPS) is 18.5. The Morgan fingerprint density at radius 3 is 2.84 bits per heavy atom. The fourth-order valence-corrected chi connectivity index (χ4v) is 3.40. The van der Waals surface area contributed by atoms with Crippen LogP contribution < -0.4 is 15.4 Å². The number of hydrogen-bond donors (Lipinski definition) is 2. The molecule has 4 amide bonds. The smallest absolute Gasteiger partial charge is 0.344 e. The van der Waals surface area contributed by atoms with Gasteiger partial charge in [-0.2, -0.15) is 5.10 Å². The summed E-state index contributed by atoms with van der Waals surface area (Å²) in [6.07, 6.45) is 4.51. The fourth-order valence-electron chi connectivity index (χ4n) is 3.22. The Kier molecular flexibility index (Phi) is 5.99. The Balaban J connectivity index is 1.47. The number of fused-ring (bicyclic) bond motifs is 1. The minimum absolute atomic E-state index is 0.158. The highest BCUT2D eigenvalue weighted by atomic mass is 35.5. The summed E-state index contributed by atoms with van der Waals surface area (Å²) in [5.74, 6) is -0.218. The molecule has 8 nitrogen and oxygen atoms in total. The van der Waals surface area contributed by atoms with Crippen molar-refractivity contribution in [1.29, 1.82) is 0 Å². The first-order valence-electron chi connectivity index (χ1n) is 9.62. The van der Waals surface area contributed by atoms with Crippen LogP contribution in [0.25, 0.3) is 6.08 Å². The number of urea groups is 1. The van der Waals surface area contributed by atoms with Crippen molar-refractivity contribution < 1.29 is 19.1 Å². The van der Waals surface area contributed by atoms with E-state index in [4.69, 9.17) is 16.3 Å². The van der Waals surface area contributed by atoms with E-state index < -0.39 is 24.1 Å². The highest BCUT2D eigenvalue weighted by Crippen LogP contribution is 2.28. The van der Waals surface area contributed by atoms with Gasteiger partial charge in [0.05, 0.1) is 6.04 Å². The molecule has 158 valence electrons. The summed E-state index contributed by atoms with van der Waals surface area (Å²) in [6.45, 7) is -0.158. The number of rotatable bonds is 6. The van der Waals surface area contributed by atoms with Crippen LogP contribution in [0.1, 0.15) is 11.1 Å². The van der Waals surface area contributed by atoms with Crippen LogP contribution in [-0.2, 0) is 16.0 Å². The van der Waals surface area contributed by atoms with Gasteiger partial charge in [-0.05, 0) is 36.3 Å². The Bertz CT molecular complexity index is 1070. The zero-order chi connectivity index (χ0) is 21.8. The topological polar surface area (TPSA) is 100 Å². The summed E-state index contributed by atoms with van der Waals surface area (Å²) < 4.78 is 5.79. The lowest BCUT2D eigenvalue weighted by Gasteiger charge is -2.23. The summed E-state index contributed by atoms with van der Waals surface area (Å²) in [4.78, 5) is 35.9. The highest BCUT2D eigenvalue weighted by Gasteiger charge is 2.27. The monoisotopic (exact) mass is 438 g/mol. The molecule has 0 saturated carbocycles.